The number of hydrogen-bond donors (Lipinski definition) is 0. The first-order valence-corrected chi connectivity index (χ1v) is 11.4. The molecule has 0 bridgehead atoms. The second-order valence-corrected chi connectivity index (χ2v) is 11.5. The molecule has 0 saturated heterocycles. The lowest BCUT2D eigenvalue weighted by molar-refractivity contribution is 0.0974. The number of aromatic nitrogens is 1. The smallest absolute Gasteiger partial charge is 0.204 e. The van der Waals surface area contributed by atoms with Crippen LogP contribution >= 0.6 is 0 Å². The average molecular weight is 393 g/mol. The molecule has 1 aromatic heterocycles. The standard InChI is InChI=1S/C18H19NO5S2/c1-11-7-5-8-12(16(11)25(4,21)22)17-15(20)14-13(9-6-10-19-14)18(2,3)26(17,23)24/h5-10,17H,1-4H3. The van der Waals surface area contributed by atoms with Crippen molar-refractivity contribution >= 4 is 25.5 Å². The number of fused-ring (bicyclic) bond motifs is 1. The second-order valence-electron chi connectivity index (χ2n) is 6.96. The van der Waals surface area contributed by atoms with E-state index in [-0.39, 0.29) is 16.2 Å². The summed E-state index contributed by atoms with van der Waals surface area (Å²) in [5.41, 5.74) is 0.785. The van der Waals surface area contributed by atoms with Crippen LogP contribution in [-0.2, 0) is 24.4 Å². The predicted octanol–water partition coefficient (Wildman–Crippen LogP) is 2.38. The highest BCUT2D eigenvalue weighted by Crippen LogP contribution is 2.47. The van der Waals surface area contributed by atoms with Gasteiger partial charge in [-0.3, -0.25) is 9.78 Å². The van der Waals surface area contributed by atoms with Gasteiger partial charge in [-0.1, -0.05) is 24.3 Å². The Morgan fingerprint density at radius 1 is 1.12 bits per heavy atom. The van der Waals surface area contributed by atoms with Crippen LogP contribution in [0.5, 0.6) is 0 Å². The monoisotopic (exact) mass is 393 g/mol. The Bertz CT molecular complexity index is 1130. The first-order chi connectivity index (χ1) is 11.9. The third-order valence-electron chi connectivity index (χ3n) is 4.85. The van der Waals surface area contributed by atoms with Crippen molar-refractivity contribution in [2.45, 2.75) is 35.7 Å². The van der Waals surface area contributed by atoms with Crippen molar-refractivity contribution < 1.29 is 21.6 Å². The lowest BCUT2D eigenvalue weighted by Crippen LogP contribution is -2.43. The first-order valence-electron chi connectivity index (χ1n) is 7.93. The van der Waals surface area contributed by atoms with Crippen molar-refractivity contribution in [1.82, 2.24) is 4.98 Å². The van der Waals surface area contributed by atoms with Gasteiger partial charge in [0.05, 0.1) is 9.64 Å². The molecule has 0 fully saturated rings. The fraction of sp³-hybridized carbons (Fsp3) is 0.333. The number of ketones is 1. The predicted molar refractivity (Wildman–Crippen MR) is 97.5 cm³/mol. The summed E-state index contributed by atoms with van der Waals surface area (Å²) in [5, 5.41) is -1.61. The molecule has 1 aliphatic heterocycles. The molecule has 1 aromatic carbocycles. The fourth-order valence-electron chi connectivity index (χ4n) is 3.50. The Hall–Kier alpha value is -2.06. The molecular weight excluding hydrogens is 374 g/mol. The van der Waals surface area contributed by atoms with E-state index >= 15 is 0 Å². The van der Waals surface area contributed by atoms with E-state index in [0.29, 0.717) is 11.1 Å². The van der Waals surface area contributed by atoms with Gasteiger partial charge in [0.15, 0.2) is 24.9 Å². The Morgan fingerprint density at radius 2 is 1.77 bits per heavy atom. The minimum atomic E-state index is -4.07. The summed E-state index contributed by atoms with van der Waals surface area (Å²) in [5.74, 6) is -0.699. The molecule has 3 rings (SSSR count). The van der Waals surface area contributed by atoms with Gasteiger partial charge in [0.2, 0.25) is 5.78 Å². The quantitative estimate of drug-likeness (QED) is 0.777. The third kappa shape index (κ3) is 2.51. The van der Waals surface area contributed by atoms with Crippen molar-refractivity contribution in [2.75, 3.05) is 6.26 Å². The van der Waals surface area contributed by atoms with Gasteiger partial charge in [-0.05, 0) is 38.0 Å². The van der Waals surface area contributed by atoms with E-state index in [1.54, 1.807) is 31.2 Å². The maximum atomic E-state index is 13.4. The number of sulfone groups is 2. The Kier molecular flexibility index (Phi) is 4.12. The van der Waals surface area contributed by atoms with Crippen molar-refractivity contribution in [3.05, 3.63) is 58.9 Å². The van der Waals surface area contributed by atoms with Crippen LogP contribution in [0.3, 0.4) is 0 Å². The molecule has 0 N–H and O–H groups in total. The Labute approximate surface area is 153 Å². The molecule has 1 aliphatic rings. The molecule has 0 spiro atoms. The van der Waals surface area contributed by atoms with Crippen LogP contribution in [0.25, 0.3) is 0 Å². The van der Waals surface area contributed by atoms with Gasteiger partial charge in [-0.15, -0.1) is 0 Å². The van der Waals surface area contributed by atoms with Crippen LogP contribution in [0, 0.1) is 6.92 Å². The van der Waals surface area contributed by atoms with Gasteiger partial charge < -0.3 is 0 Å². The summed E-state index contributed by atoms with van der Waals surface area (Å²) in [6, 6.07) is 7.69. The molecule has 0 amide bonds. The lowest BCUT2D eigenvalue weighted by Gasteiger charge is -2.36. The minimum absolute atomic E-state index is 0.0121. The molecule has 1 atom stereocenters. The molecule has 6 nitrogen and oxygen atoms in total. The molecule has 0 radical (unpaired) electrons. The van der Waals surface area contributed by atoms with E-state index in [4.69, 9.17) is 0 Å². The number of rotatable bonds is 2. The molecule has 8 heteroatoms. The largest absolute Gasteiger partial charge is 0.291 e. The fourth-order valence-corrected chi connectivity index (χ4v) is 6.82. The summed E-state index contributed by atoms with van der Waals surface area (Å²) in [7, 11) is -7.81. The van der Waals surface area contributed by atoms with Crippen molar-refractivity contribution in [2.24, 2.45) is 0 Å². The molecule has 0 aliphatic carbocycles. The van der Waals surface area contributed by atoms with Crippen molar-refractivity contribution in [3.8, 4) is 0 Å². The minimum Gasteiger partial charge on any atom is -0.291 e. The zero-order valence-electron chi connectivity index (χ0n) is 14.8. The highest BCUT2D eigenvalue weighted by Gasteiger charge is 2.53. The number of hydrogen-bond acceptors (Lipinski definition) is 6. The van der Waals surface area contributed by atoms with Crippen molar-refractivity contribution in [3.63, 3.8) is 0 Å². The van der Waals surface area contributed by atoms with Crippen LogP contribution in [-0.4, -0.2) is 33.9 Å². The van der Waals surface area contributed by atoms with E-state index in [9.17, 15) is 21.6 Å². The average Bonchev–Trinajstić information content (AvgIpc) is 2.52. The van der Waals surface area contributed by atoms with E-state index in [0.717, 1.165) is 6.26 Å². The summed E-state index contributed by atoms with van der Waals surface area (Å²) in [6.45, 7) is 4.60. The van der Waals surface area contributed by atoms with Crippen molar-refractivity contribution in [1.29, 1.82) is 0 Å². The van der Waals surface area contributed by atoms with Crippen LogP contribution < -0.4 is 0 Å². The zero-order valence-corrected chi connectivity index (χ0v) is 16.5. The maximum Gasteiger partial charge on any atom is 0.204 e. The van der Waals surface area contributed by atoms with Gasteiger partial charge in [-0.2, -0.15) is 0 Å². The topological polar surface area (TPSA) is 98.2 Å². The molecule has 2 heterocycles. The van der Waals surface area contributed by atoms with Gasteiger partial charge >= 0.3 is 0 Å². The number of carbonyl (C=O) groups excluding carboxylic acids is 1. The molecule has 2 aromatic rings. The van der Waals surface area contributed by atoms with Crippen LogP contribution in [0.4, 0.5) is 0 Å². The highest BCUT2D eigenvalue weighted by atomic mass is 32.2. The van der Waals surface area contributed by atoms with E-state index in [1.807, 2.05) is 0 Å². The molecular formula is C18H19NO5S2. The molecule has 26 heavy (non-hydrogen) atoms. The number of Topliss-reactive ketones (excluding diaryl/α,β-unsaturated/α-hetero) is 1. The summed E-state index contributed by atoms with van der Waals surface area (Å²) < 4.78 is 50.0. The van der Waals surface area contributed by atoms with Crippen LogP contribution in [0.2, 0.25) is 0 Å². The highest BCUT2D eigenvalue weighted by molar-refractivity contribution is 7.93. The van der Waals surface area contributed by atoms with Crippen LogP contribution in [0.15, 0.2) is 41.4 Å². The maximum absolute atomic E-state index is 13.4. The molecule has 1 unspecified atom stereocenters. The zero-order chi connectivity index (χ0) is 19.5. The van der Waals surface area contributed by atoms with Gasteiger partial charge in [0.25, 0.3) is 0 Å². The second kappa shape index (κ2) is 5.72. The lowest BCUT2D eigenvalue weighted by atomic mass is 9.94. The third-order valence-corrected chi connectivity index (χ3v) is 8.88. The van der Waals surface area contributed by atoms with E-state index in [2.05, 4.69) is 4.98 Å². The first kappa shape index (κ1) is 18.7. The summed E-state index contributed by atoms with van der Waals surface area (Å²) >= 11 is 0. The number of aryl methyl sites for hydroxylation is 1. The summed E-state index contributed by atoms with van der Waals surface area (Å²) in [4.78, 5) is 17.0. The Morgan fingerprint density at radius 3 is 2.38 bits per heavy atom. The van der Waals surface area contributed by atoms with E-state index in [1.165, 1.54) is 26.1 Å². The van der Waals surface area contributed by atoms with Gasteiger partial charge in [0, 0.05) is 18.0 Å². The number of pyridine rings is 1. The number of benzene rings is 1. The normalized spacial score (nSPS) is 21.2. The number of carbonyl (C=O) groups is 1. The Balaban J connectivity index is 2.42. The molecule has 138 valence electrons. The summed E-state index contributed by atoms with van der Waals surface area (Å²) in [6.07, 6.45) is 2.44. The van der Waals surface area contributed by atoms with Crippen LogP contribution in [0.1, 0.15) is 46.3 Å². The number of nitrogens with zero attached hydrogens (tertiary/aromatic N) is 1. The van der Waals surface area contributed by atoms with Gasteiger partial charge in [0.1, 0.15) is 5.69 Å². The molecule has 0 saturated carbocycles. The SMILES string of the molecule is Cc1cccc(C2C(=O)c3ncccc3C(C)(C)S2(=O)=O)c1S(C)(=O)=O. The van der Waals surface area contributed by atoms with Gasteiger partial charge in [-0.25, -0.2) is 16.8 Å². The van der Waals surface area contributed by atoms with E-state index < -0.39 is 35.5 Å².